The summed E-state index contributed by atoms with van der Waals surface area (Å²) in [5.74, 6) is 0.608. The Balaban J connectivity index is 1.38. The molecule has 1 aliphatic rings. The number of hydrogen-bond acceptors (Lipinski definition) is 8. The van der Waals surface area contributed by atoms with Crippen LogP contribution in [0.4, 0.5) is 11.6 Å². The molecule has 4 atom stereocenters. The Morgan fingerprint density at radius 3 is 2.79 bits per heavy atom. The van der Waals surface area contributed by atoms with E-state index in [4.69, 9.17) is 16.7 Å². The van der Waals surface area contributed by atoms with Crippen molar-refractivity contribution in [2.24, 2.45) is 5.41 Å². The van der Waals surface area contributed by atoms with E-state index in [9.17, 15) is 10.2 Å². The minimum atomic E-state index is -0.927. The number of fused-ring (bicyclic) bond motifs is 2. The van der Waals surface area contributed by atoms with Crippen LogP contribution in [0.1, 0.15) is 36.9 Å². The van der Waals surface area contributed by atoms with Crippen LogP contribution in [0.15, 0.2) is 42.9 Å². The first-order chi connectivity index (χ1) is 15.8. The van der Waals surface area contributed by atoms with E-state index in [0.717, 1.165) is 21.9 Å². The van der Waals surface area contributed by atoms with Gasteiger partial charge in [0.2, 0.25) is 0 Å². The fraction of sp³-hybridized carbons (Fsp3) is 0.333. The van der Waals surface area contributed by atoms with Gasteiger partial charge >= 0.3 is 0 Å². The Bertz CT molecular complexity index is 1410. The van der Waals surface area contributed by atoms with Crippen molar-refractivity contribution in [2.75, 3.05) is 11.5 Å². The summed E-state index contributed by atoms with van der Waals surface area (Å²) in [5.41, 5.74) is 14.1. The SMILES string of the molecule is C[C@]1(CCc2ccc3cc(C#N)c(N)nc3c2)C[C@@H](n2ccc3c(N)ncnc32)[C@H](O)[C@@H]1O. The van der Waals surface area contributed by atoms with Gasteiger partial charge in [-0.1, -0.05) is 19.1 Å². The molecule has 0 saturated heterocycles. The number of benzene rings is 1. The average molecular weight is 444 g/mol. The van der Waals surface area contributed by atoms with Crippen LogP contribution in [0.5, 0.6) is 0 Å². The smallest absolute Gasteiger partial charge is 0.145 e. The molecule has 0 unspecified atom stereocenters. The van der Waals surface area contributed by atoms with E-state index in [0.29, 0.717) is 36.3 Å². The van der Waals surface area contributed by atoms with Gasteiger partial charge in [0.05, 0.1) is 28.6 Å². The number of aryl methyl sites for hydroxylation is 1. The first kappa shape index (κ1) is 21.1. The maximum absolute atomic E-state index is 11.0. The first-order valence-corrected chi connectivity index (χ1v) is 10.8. The van der Waals surface area contributed by atoms with Crippen LogP contribution in [0.2, 0.25) is 0 Å². The summed E-state index contributed by atoms with van der Waals surface area (Å²) < 4.78 is 1.89. The van der Waals surface area contributed by atoms with Crippen LogP contribution < -0.4 is 11.5 Å². The van der Waals surface area contributed by atoms with Gasteiger partial charge in [-0.2, -0.15) is 5.26 Å². The van der Waals surface area contributed by atoms with E-state index >= 15 is 0 Å². The molecule has 0 amide bonds. The van der Waals surface area contributed by atoms with Gasteiger partial charge in [0, 0.05) is 11.6 Å². The van der Waals surface area contributed by atoms with Crippen LogP contribution in [-0.4, -0.2) is 41.9 Å². The highest BCUT2D eigenvalue weighted by Crippen LogP contribution is 2.48. The molecule has 1 aliphatic carbocycles. The van der Waals surface area contributed by atoms with Crippen molar-refractivity contribution in [1.29, 1.82) is 5.26 Å². The maximum atomic E-state index is 11.0. The minimum absolute atomic E-state index is 0.217. The van der Waals surface area contributed by atoms with Crippen molar-refractivity contribution in [1.82, 2.24) is 19.5 Å². The monoisotopic (exact) mass is 443 g/mol. The largest absolute Gasteiger partial charge is 0.390 e. The van der Waals surface area contributed by atoms with Gasteiger partial charge in [0.25, 0.3) is 0 Å². The molecule has 33 heavy (non-hydrogen) atoms. The first-order valence-electron chi connectivity index (χ1n) is 10.8. The number of nitrogens with two attached hydrogens (primary N) is 2. The summed E-state index contributed by atoms with van der Waals surface area (Å²) in [6.07, 6.45) is 3.41. The van der Waals surface area contributed by atoms with E-state index in [1.807, 2.05) is 42.0 Å². The molecule has 1 aromatic carbocycles. The van der Waals surface area contributed by atoms with E-state index in [1.54, 1.807) is 6.07 Å². The number of aliphatic hydroxyl groups excluding tert-OH is 2. The second-order valence-electron chi connectivity index (χ2n) is 9.14. The summed E-state index contributed by atoms with van der Waals surface area (Å²) in [6.45, 7) is 2.01. The summed E-state index contributed by atoms with van der Waals surface area (Å²) in [5, 5.41) is 32.6. The summed E-state index contributed by atoms with van der Waals surface area (Å²) in [4.78, 5) is 12.7. The summed E-state index contributed by atoms with van der Waals surface area (Å²) >= 11 is 0. The Labute approximate surface area is 190 Å². The van der Waals surface area contributed by atoms with Crippen LogP contribution in [0.25, 0.3) is 21.9 Å². The molecule has 9 nitrogen and oxygen atoms in total. The van der Waals surface area contributed by atoms with Gasteiger partial charge in [-0.15, -0.1) is 0 Å². The quantitative estimate of drug-likeness (QED) is 0.374. The van der Waals surface area contributed by atoms with E-state index in [-0.39, 0.29) is 11.9 Å². The number of hydrogen-bond donors (Lipinski definition) is 4. The molecule has 0 spiro atoms. The zero-order valence-electron chi connectivity index (χ0n) is 18.2. The molecule has 168 valence electrons. The van der Waals surface area contributed by atoms with Gasteiger partial charge in [-0.25, -0.2) is 15.0 Å². The Kier molecular flexibility index (Phi) is 4.92. The summed E-state index contributed by atoms with van der Waals surface area (Å²) in [6, 6.07) is 11.2. The van der Waals surface area contributed by atoms with Crippen molar-refractivity contribution in [3.8, 4) is 6.07 Å². The Morgan fingerprint density at radius 2 is 2.00 bits per heavy atom. The predicted molar refractivity (Wildman–Crippen MR) is 125 cm³/mol. The minimum Gasteiger partial charge on any atom is -0.390 e. The van der Waals surface area contributed by atoms with Gasteiger partial charge in [-0.3, -0.25) is 0 Å². The molecule has 5 rings (SSSR count). The number of pyridine rings is 1. The standard InChI is InChI=1S/C24H25N7O2/c1-24(6-4-13-2-3-14-9-15(11-25)21(26)30-17(14)8-13)10-18(19(32)20(24)33)31-7-5-16-22(27)28-12-29-23(16)31/h2-3,5,7-9,12,18-20,32-33H,4,6,10H2,1H3,(H2,26,30)(H2,27,28,29)/t18-,19+,20+,24+/m1/s1. The van der Waals surface area contributed by atoms with Crippen LogP contribution in [0, 0.1) is 16.7 Å². The number of rotatable bonds is 4. The number of nitriles is 1. The predicted octanol–water partition coefficient (Wildman–Crippen LogP) is 2.32. The molecule has 0 bridgehead atoms. The third-order valence-electron chi connectivity index (χ3n) is 7.02. The second-order valence-corrected chi connectivity index (χ2v) is 9.14. The molecule has 1 fully saturated rings. The van der Waals surface area contributed by atoms with Crippen molar-refractivity contribution in [2.45, 2.75) is 44.4 Å². The van der Waals surface area contributed by atoms with Crippen molar-refractivity contribution in [3.63, 3.8) is 0 Å². The van der Waals surface area contributed by atoms with Gasteiger partial charge < -0.3 is 26.2 Å². The highest BCUT2D eigenvalue weighted by molar-refractivity contribution is 5.86. The third kappa shape index (κ3) is 3.44. The molecule has 4 aromatic rings. The lowest BCUT2D eigenvalue weighted by Crippen LogP contribution is -2.35. The zero-order chi connectivity index (χ0) is 23.3. The third-order valence-corrected chi connectivity index (χ3v) is 7.02. The molecular formula is C24H25N7O2. The molecule has 1 saturated carbocycles. The molecule has 9 heteroatoms. The lowest BCUT2D eigenvalue weighted by atomic mass is 9.80. The van der Waals surface area contributed by atoms with Gasteiger partial charge in [0.15, 0.2) is 0 Å². The highest BCUT2D eigenvalue weighted by atomic mass is 16.3. The number of nitrogens with zero attached hydrogens (tertiary/aromatic N) is 5. The summed E-state index contributed by atoms with van der Waals surface area (Å²) in [7, 11) is 0. The van der Waals surface area contributed by atoms with Crippen molar-refractivity contribution in [3.05, 3.63) is 54.0 Å². The van der Waals surface area contributed by atoms with Crippen molar-refractivity contribution >= 4 is 33.6 Å². The van der Waals surface area contributed by atoms with E-state index < -0.39 is 17.6 Å². The molecular weight excluding hydrogens is 418 g/mol. The van der Waals surface area contributed by atoms with Crippen LogP contribution >= 0.6 is 0 Å². The van der Waals surface area contributed by atoms with Crippen LogP contribution in [-0.2, 0) is 6.42 Å². The zero-order valence-corrected chi connectivity index (χ0v) is 18.2. The molecule has 3 aromatic heterocycles. The fourth-order valence-electron chi connectivity index (χ4n) is 5.02. The highest BCUT2D eigenvalue weighted by Gasteiger charge is 2.50. The van der Waals surface area contributed by atoms with Gasteiger partial charge in [-0.05, 0) is 48.4 Å². The topological polar surface area (TPSA) is 160 Å². The number of nitrogen functional groups attached to an aromatic ring is 2. The molecule has 3 heterocycles. The van der Waals surface area contributed by atoms with Crippen molar-refractivity contribution < 1.29 is 10.2 Å². The number of aromatic nitrogens is 4. The fourth-order valence-corrected chi connectivity index (χ4v) is 5.02. The lowest BCUT2D eigenvalue weighted by molar-refractivity contribution is -0.0241. The number of anilines is 2. The molecule has 6 N–H and O–H groups in total. The number of aliphatic hydroxyl groups is 2. The Morgan fingerprint density at radius 1 is 1.18 bits per heavy atom. The van der Waals surface area contributed by atoms with Crippen LogP contribution in [0.3, 0.4) is 0 Å². The molecule has 0 radical (unpaired) electrons. The van der Waals surface area contributed by atoms with E-state index in [1.165, 1.54) is 6.33 Å². The Hall–Kier alpha value is -3.74. The second kappa shape index (κ2) is 7.69. The van der Waals surface area contributed by atoms with E-state index in [2.05, 4.69) is 21.0 Å². The van der Waals surface area contributed by atoms with Gasteiger partial charge in [0.1, 0.15) is 35.8 Å². The lowest BCUT2D eigenvalue weighted by Gasteiger charge is -2.28. The maximum Gasteiger partial charge on any atom is 0.145 e. The molecule has 0 aliphatic heterocycles. The average Bonchev–Trinajstić information content (AvgIpc) is 3.33. The normalized spacial score (nSPS) is 25.0.